The summed E-state index contributed by atoms with van der Waals surface area (Å²) in [6.07, 6.45) is 0.660. The first-order valence-corrected chi connectivity index (χ1v) is 13.7. The number of sulfone groups is 2. The quantitative estimate of drug-likeness (QED) is 0.555. The van der Waals surface area contributed by atoms with Crippen molar-refractivity contribution in [2.24, 2.45) is 17.8 Å². The Morgan fingerprint density at radius 2 is 1.48 bits per heavy atom. The Bertz CT molecular complexity index is 657. The van der Waals surface area contributed by atoms with Gasteiger partial charge in [0.15, 0.2) is 24.8 Å². The minimum Gasteiger partial charge on any atom is -0.852 e. The van der Waals surface area contributed by atoms with Gasteiger partial charge in [0.25, 0.3) is 0 Å². The van der Waals surface area contributed by atoms with E-state index in [0.29, 0.717) is 0 Å². The van der Waals surface area contributed by atoms with Crippen LogP contribution >= 0.6 is 7.14 Å². The van der Waals surface area contributed by atoms with Crippen molar-refractivity contribution in [1.82, 2.24) is 0 Å². The second-order valence-electron chi connectivity index (χ2n) is 6.84. The Hall–Kier alpha value is -0.170. The van der Waals surface area contributed by atoms with E-state index in [1.54, 1.807) is 13.8 Å². The number of rotatable bonds is 9. The predicted molar refractivity (Wildman–Crippen MR) is 93.1 cm³/mol. The van der Waals surface area contributed by atoms with E-state index in [0.717, 1.165) is 5.41 Å². The predicted octanol–water partition coefficient (Wildman–Crippen LogP) is 1.52. The monoisotopic (exact) mass is 387 g/mol. The second-order valence-corrected chi connectivity index (χ2v) is 15.0. The Morgan fingerprint density at radius 1 is 1.00 bits per heavy atom. The van der Waals surface area contributed by atoms with E-state index in [1.165, 1.54) is 19.4 Å². The Balaban J connectivity index is 5.03. The van der Waals surface area contributed by atoms with Crippen molar-refractivity contribution in [1.29, 1.82) is 0 Å². The molecule has 0 aromatic carbocycles. The third-order valence-corrected chi connectivity index (χ3v) is 11.2. The summed E-state index contributed by atoms with van der Waals surface area (Å²) in [5.41, 5.74) is -0.621. The van der Waals surface area contributed by atoms with Crippen LogP contribution in [0.4, 0.5) is 0 Å². The molecule has 0 rings (SSSR count). The smallest absolute Gasteiger partial charge is 0.185 e. The fourth-order valence-electron chi connectivity index (χ4n) is 2.13. The lowest BCUT2D eigenvalue weighted by Crippen LogP contribution is -2.34. The van der Waals surface area contributed by atoms with Crippen molar-refractivity contribution in [3.63, 3.8) is 0 Å². The summed E-state index contributed by atoms with van der Waals surface area (Å²) in [7, 11) is -10.8. The summed E-state index contributed by atoms with van der Waals surface area (Å²) >= 11 is 0. The van der Waals surface area contributed by atoms with Crippen molar-refractivity contribution < 1.29 is 26.5 Å². The molecule has 0 aliphatic carbocycles. The van der Waals surface area contributed by atoms with Gasteiger partial charge in [-0.3, -0.25) is 0 Å². The van der Waals surface area contributed by atoms with Crippen molar-refractivity contribution >= 4 is 26.8 Å². The third-order valence-electron chi connectivity index (χ3n) is 3.84. The molecule has 9 heteroatoms. The van der Waals surface area contributed by atoms with Crippen LogP contribution in [0.3, 0.4) is 0 Å². The number of allylic oxidation sites excluding steroid dienone is 1. The maximum atomic E-state index is 11.9. The fraction of sp³-hybridized carbons (Fsp3) is 0.857. The minimum absolute atomic E-state index is 0.0305. The van der Waals surface area contributed by atoms with Gasteiger partial charge in [0.1, 0.15) is 5.49 Å². The molecule has 0 spiro atoms. The molecule has 0 fully saturated rings. The highest BCUT2D eigenvalue weighted by atomic mass is 32.3. The molecule has 0 saturated carbocycles. The molecule has 4 unspecified atom stereocenters. The van der Waals surface area contributed by atoms with E-state index in [2.05, 4.69) is 0 Å². The van der Waals surface area contributed by atoms with Crippen LogP contribution in [-0.2, 0) is 24.2 Å². The lowest BCUT2D eigenvalue weighted by atomic mass is 9.82. The van der Waals surface area contributed by atoms with E-state index >= 15 is 0 Å². The highest BCUT2D eigenvalue weighted by Crippen LogP contribution is 2.37. The minimum atomic E-state index is -3.95. The Labute approximate surface area is 140 Å². The van der Waals surface area contributed by atoms with E-state index in [-0.39, 0.29) is 17.8 Å². The Kier molecular flexibility index (Phi) is 8.21. The first-order valence-electron chi connectivity index (χ1n) is 7.37. The first kappa shape index (κ1) is 22.8. The lowest BCUT2D eigenvalue weighted by molar-refractivity contribution is -0.429. The summed E-state index contributed by atoms with van der Waals surface area (Å²) in [4.78, 5) is 0. The van der Waals surface area contributed by atoms with Crippen LogP contribution in [0.25, 0.3) is 0 Å². The molecular formula is C14H28O6PS2-. The standard InChI is InChI=1S/C14H28O6PS2/c1-11(12(2)13(3)14(4)15)7-8-22(17,18)10-23(19,20)9-21(5,6)16/h7-8,11-14H,9-10H2,1-6H3/q-1/b8-7+. The molecule has 0 saturated heterocycles. The van der Waals surface area contributed by atoms with Crippen LogP contribution < -0.4 is 5.11 Å². The van der Waals surface area contributed by atoms with Crippen molar-refractivity contribution in [3.05, 3.63) is 11.5 Å². The molecule has 0 aliphatic rings. The highest BCUT2D eigenvalue weighted by molar-refractivity contribution is 8.11. The molecule has 23 heavy (non-hydrogen) atoms. The van der Waals surface area contributed by atoms with Crippen molar-refractivity contribution in [2.45, 2.75) is 33.8 Å². The van der Waals surface area contributed by atoms with Gasteiger partial charge in [-0.15, -0.1) is 6.10 Å². The maximum Gasteiger partial charge on any atom is 0.185 e. The average molecular weight is 387 g/mol. The van der Waals surface area contributed by atoms with E-state index < -0.39 is 43.5 Å². The van der Waals surface area contributed by atoms with Crippen molar-refractivity contribution in [2.75, 3.05) is 23.9 Å². The number of hydrogen-bond acceptors (Lipinski definition) is 6. The van der Waals surface area contributed by atoms with Crippen LogP contribution in [0.5, 0.6) is 0 Å². The molecule has 4 atom stereocenters. The zero-order valence-electron chi connectivity index (χ0n) is 14.6. The molecule has 0 heterocycles. The van der Waals surface area contributed by atoms with Gasteiger partial charge in [-0.1, -0.05) is 39.7 Å². The Morgan fingerprint density at radius 3 is 1.87 bits per heavy atom. The van der Waals surface area contributed by atoms with Gasteiger partial charge in [0.05, 0.1) is 7.14 Å². The van der Waals surface area contributed by atoms with E-state index in [4.69, 9.17) is 0 Å². The first-order chi connectivity index (χ1) is 10.1. The van der Waals surface area contributed by atoms with E-state index in [1.807, 2.05) is 13.8 Å². The molecule has 0 N–H and O–H groups in total. The number of hydrogen-bond donors (Lipinski definition) is 0. The maximum absolute atomic E-state index is 11.9. The van der Waals surface area contributed by atoms with Gasteiger partial charge in [-0.2, -0.15) is 0 Å². The average Bonchev–Trinajstić information content (AvgIpc) is 2.29. The van der Waals surface area contributed by atoms with Gasteiger partial charge >= 0.3 is 0 Å². The van der Waals surface area contributed by atoms with Gasteiger partial charge in [0, 0.05) is 5.41 Å². The largest absolute Gasteiger partial charge is 0.852 e. The molecule has 0 aromatic rings. The van der Waals surface area contributed by atoms with Crippen LogP contribution in [0.1, 0.15) is 27.7 Å². The molecule has 0 bridgehead atoms. The second kappa shape index (κ2) is 8.28. The van der Waals surface area contributed by atoms with Gasteiger partial charge in [-0.25, -0.2) is 16.8 Å². The molecule has 0 amide bonds. The van der Waals surface area contributed by atoms with Crippen LogP contribution in [-0.4, -0.2) is 46.8 Å². The lowest BCUT2D eigenvalue weighted by Gasteiger charge is -2.33. The van der Waals surface area contributed by atoms with Crippen LogP contribution in [0.2, 0.25) is 0 Å². The summed E-state index contributed by atoms with van der Waals surface area (Å²) in [5.74, 6) is -0.341. The van der Waals surface area contributed by atoms with Crippen molar-refractivity contribution in [3.8, 4) is 0 Å². The molecule has 0 radical (unpaired) electrons. The van der Waals surface area contributed by atoms with Gasteiger partial charge < -0.3 is 9.67 Å². The zero-order valence-corrected chi connectivity index (χ0v) is 17.1. The summed E-state index contributed by atoms with van der Waals surface area (Å²) in [6, 6.07) is 0. The van der Waals surface area contributed by atoms with Gasteiger partial charge in [0.2, 0.25) is 0 Å². The summed E-state index contributed by atoms with van der Waals surface area (Å²) in [6.45, 7) is 9.64. The topological polar surface area (TPSA) is 108 Å². The summed E-state index contributed by atoms with van der Waals surface area (Å²) in [5, 5.41) is 11.3. The zero-order chi connectivity index (χ0) is 18.6. The molecule has 0 aromatic heterocycles. The SMILES string of the molecule is CC([O-])C(C)C(C)C(C)/C=C/S(=O)(=O)CS(=O)(=O)CP(C)(C)=O. The molecule has 138 valence electrons. The molecule has 6 nitrogen and oxygen atoms in total. The molecular weight excluding hydrogens is 359 g/mol. The van der Waals surface area contributed by atoms with Crippen LogP contribution in [0.15, 0.2) is 11.5 Å². The third kappa shape index (κ3) is 9.65. The normalized spacial score (nSPS) is 19.4. The molecule has 0 aliphatic heterocycles. The fourth-order valence-corrected chi connectivity index (χ4v) is 9.69. The summed E-state index contributed by atoms with van der Waals surface area (Å²) < 4.78 is 59.1. The van der Waals surface area contributed by atoms with Gasteiger partial charge in [-0.05, 0) is 25.2 Å². The van der Waals surface area contributed by atoms with Crippen LogP contribution in [0, 0.1) is 17.8 Å². The highest BCUT2D eigenvalue weighted by Gasteiger charge is 2.26. The van der Waals surface area contributed by atoms with E-state index in [9.17, 15) is 26.5 Å².